The molecule has 0 atom stereocenters. The van der Waals surface area contributed by atoms with Gasteiger partial charge in [-0.3, -0.25) is 0 Å². The van der Waals surface area contributed by atoms with Gasteiger partial charge in [-0.25, -0.2) is 4.39 Å². The molecule has 70 valence electrons. The van der Waals surface area contributed by atoms with Gasteiger partial charge in [0.1, 0.15) is 12.1 Å². The number of rotatable bonds is 4. The van der Waals surface area contributed by atoms with Crippen LogP contribution in [0.3, 0.4) is 0 Å². The van der Waals surface area contributed by atoms with Crippen molar-refractivity contribution in [1.29, 1.82) is 0 Å². The molecule has 3 heteroatoms. The Morgan fingerprint density at radius 3 is 2.77 bits per heavy atom. The number of hydrogen-bond acceptors (Lipinski definition) is 1. The molecular weight excluding hydrogens is 191 g/mol. The third kappa shape index (κ3) is 3.55. The third-order valence-corrected chi connectivity index (χ3v) is 1.93. The molecular formula is C10H10ClFO. The van der Waals surface area contributed by atoms with E-state index in [-0.39, 0.29) is 5.82 Å². The summed E-state index contributed by atoms with van der Waals surface area (Å²) in [5.74, 6) is -0.325. The molecule has 0 saturated heterocycles. The Balaban J connectivity index is 2.60. The Morgan fingerprint density at radius 1 is 1.38 bits per heavy atom. The summed E-state index contributed by atoms with van der Waals surface area (Å²) in [5, 5.41) is 0.404. The topological polar surface area (TPSA) is 17.1 Å². The maximum atomic E-state index is 12.8. The first-order valence-corrected chi connectivity index (χ1v) is 4.49. The molecule has 1 aromatic carbocycles. The summed E-state index contributed by atoms with van der Waals surface area (Å²) in [7, 11) is 0. The second-order valence-electron chi connectivity index (χ2n) is 2.84. The van der Waals surface area contributed by atoms with E-state index in [1.165, 1.54) is 12.1 Å². The fourth-order valence-electron chi connectivity index (χ4n) is 1.14. The fraction of sp³-hybridized carbons (Fsp3) is 0.300. The lowest BCUT2D eigenvalue weighted by molar-refractivity contribution is -0.107. The molecule has 0 unspecified atom stereocenters. The van der Waals surface area contributed by atoms with Gasteiger partial charge in [0.25, 0.3) is 0 Å². The number of carbonyl (C=O) groups is 1. The number of aryl methyl sites for hydroxylation is 1. The predicted molar refractivity (Wildman–Crippen MR) is 50.4 cm³/mol. The number of unbranched alkanes of at least 4 members (excludes halogenated alkanes) is 1. The maximum absolute atomic E-state index is 12.8. The normalized spacial score (nSPS) is 10.0. The Labute approximate surface area is 81.5 Å². The third-order valence-electron chi connectivity index (χ3n) is 1.71. The molecule has 0 fully saturated rings. The number of halogens is 2. The number of carbonyl (C=O) groups excluding carboxylic acids is 1. The smallest absolute Gasteiger partial charge is 0.124 e. The molecule has 0 amide bonds. The van der Waals surface area contributed by atoms with E-state index in [9.17, 15) is 9.18 Å². The van der Waals surface area contributed by atoms with E-state index >= 15 is 0 Å². The molecule has 0 N–H and O–H groups in total. The highest BCUT2D eigenvalue weighted by Gasteiger charge is 1.98. The van der Waals surface area contributed by atoms with Crippen LogP contribution in [0.5, 0.6) is 0 Å². The summed E-state index contributed by atoms with van der Waals surface area (Å²) < 4.78 is 12.8. The molecule has 0 aliphatic heterocycles. The van der Waals surface area contributed by atoms with Crippen LogP contribution in [0.2, 0.25) is 5.02 Å². The van der Waals surface area contributed by atoms with E-state index in [1.807, 2.05) is 0 Å². The van der Waals surface area contributed by atoms with Crippen molar-refractivity contribution < 1.29 is 9.18 Å². The second kappa shape index (κ2) is 4.97. The molecule has 0 heterocycles. The summed E-state index contributed by atoms with van der Waals surface area (Å²) in [5.41, 5.74) is 0.840. The standard InChI is InChI=1S/C10H10ClFO/c11-9-5-8(3-1-2-4-13)6-10(12)7-9/h4-7H,1-3H2. The van der Waals surface area contributed by atoms with E-state index in [0.717, 1.165) is 18.3 Å². The Morgan fingerprint density at radius 2 is 2.15 bits per heavy atom. The molecule has 1 aromatic rings. The Hall–Kier alpha value is -0.890. The number of aldehydes is 1. The van der Waals surface area contributed by atoms with Gasteiger partial charge in [-0.15, -0.1) is 0 Å². The van der Waals surface area contributed by atoms with Gasteiger partial charge in [0, 0.05) is 11.4 Å². The molecule has 0 aliphatic rings. The lowest BCUT2D eigenvalue weighted by Gasteiger charge is -2.00. The van der Waals surface area contributed by atoms with Crippen molar-refractivity contribution in [2.24, 2.45) is 0 Å². The molecule has 0 radical (unpaired) electrons. The maximum Gasteiger partial charge on any atom is 0.124 e. The average Bonchev–Trinajstić information content (AvgIpc) is 2.03. The lowest BCUT2D eigenvalue weighted by Crippen LogP contribution is -1.88. The van der Waals surface area contributed by atoms with Crippen molar-refractivity contribution >= 4 is 17.9 Å². The van der Waals surface area contributed by atoms with Crippen LogP contribution < -0.4 is 0 Å². The van der Waals surface area contributed by atoms with Crippen molar-refractivity contribution in [3.63, 3.8) is 0 Å². The van der Waals surface area contributed by atoms with Crippen molar-refractivity contribution in [3.05, 3.63) is 34.6 Å². The van der Waals surface area contributed by atoms with Gasteiger partial charge in [0.15, 0.2) is 0 Å². The van der Waals surface area contributed by atoms with Gasteiger partial charge in [-0.1, -0.05) is 11.6 Å². The van der Waals surface area contributed by atoms with Crippen LogP contribution >= 0.6 is 11.6 Å². The number of hydrogen-bond donors (Lipinski definition) is 0. The van der Waals surface area contributed by atoms with Crippen LogP contribution in [-0.2, 0) is 11.2 Å². The highest BCUT2D eigenvalue weighted by molar-refractivity contribution is 6.30. The summed E-state index contributed by atoms with van der Waals surface area (Å²) in [6, 6.07) is 4.43. The highest BCUT2D eigenvalue weighted by Crippen LogP contribution is 2.15. The molecule has 1 rings (SSSR count). The monoisotopic (exact) mass is 200 g/mol. The zero-order chi connectivity index (χ0) is 9.68. The molecule has 0 bridgehead atoms. The van der Waals surface area contributed by atoms with E-state index in [0.29, 0.717) is 17.9 Å². The summed E-state index contributed by atoms with van der Waals surface area (Å²) >= 11 is 5.65. The first kappa shape index (κ1) is 10.2. The summed E-state index contributed by atoms with van der Waals surface area (Å²) in [6.45, 7) is 0. The van der Waals surface area contributed by atoms with Crippen LogP contribution in [0.4, 0.5) is 4.39 Å². The van der Waals surface area contributed by atoms with Gasteiger partial charge >= 0.3 is 0 Å². The van der Waals surface area contributed by atoms with Gasteiger partial charge in [-0.2, -0.15) is 0 Å². The van der Waals surface area contributed by atoms with E-state index in [1.54, 1.807) is 6.07 Å². The minimum atomic E-state index is -0.325. The zero-order valence-corrected chi connectivity index (χ0v) is 7.85. The molecule has 13 heavy (non-hydrogen) atoms. The zero-order valence-electron chi connectivity index (χ0n) is 7.09. The molecule has 1 nitrogen and oxygen atoms in total. The van der Waals surface area contributed by atoms with Crippen LogP contribution in [0.25, 0.3) is 0 Å². The first-order chi connectivity index (χ1) is 6.22. The minimum Gasteiger partial charge on any atom is -0.303 e. The molecule has 0 aromatic heterocycles. The fourth-order valence-corrected chi connectivity index (χ4v) is 1.39. The summed E-state index contributed by atoms with van der Waals surface area (Å²) in [6.07, 6.45) is 2.80. The van der Waals surface area contributed by atoms with E-state index in [4.69, 9.17) is 11.6 Å². The van der Waals surface area contributed by atoms with Crippen LogP contribution in [0.1, 0.15) is 18.4 Å². The minimum absolute atomic E-state index is 0.325. The van der Waals surface area contributed by atoms with Crippen molar-refractivity contribution in [3.8, 4) is 0 Å². The van der Waals surface area contributed by atoms with E-state index in [2.05, 4.69) is 0 Å². The Bertz CT molecular complexity index is 279. The second-order valence-corrected chi connectivity index (χ2v) is 3.27. The van der Waals surface area contributed by atoms with Crippen LogP contribution in [0, 0.1) is 5.82 Å². The van der Waals surface area contributed by atoms with Gasteiger partial charge in [-0.05, 0) is 36.6 Å². The lowest BCUT2D eigenvalue weighted by atomic mass is 10.1. The van der Waals surface area contributed by atoms with Crippen molar-refractivity contribution in [2.75, 3.05) is 0 Å². The largest absolute Gasteiger partial charge is 0.303 e. The van der Waals surface area contributed by atoms with Gasteiger partial charge < -0.3 is 4.79 Å². The van der Waals surface area contributed by atoms with Gasteiger partial charge in [0.2, 0.25) is 0 Å². The van der Waals surface area contributed by atoms with Crippen LogP contribution in [0.15, 0.2) is 18.2 Å². The quantitative estimate of drug-likeness (QED) is 0.540. The average molecular weight is 201 g/mol. The van der Waals surface area contributed by atoms with Gasteiger partial charge in [0.05, 0.1) is 0 Å². The van der Waals surface area contributed by atoms with Crippen molar-refractivity contribution in [1.82, 2.24) is 0 Å². The molecule has 0 spiro atoms. The van der Waals surface area contributed by atoms with E-state index < -0.39 is 0 Å². The van der Waals surface area contributed by atoms with Crippen LogP contribution in [-0.4, -0.2) is 6.29 Å². The predicted octanol–water partition coefficient (Wildman–Crippen LogP) is 3.00. The highest BCUT2D eigenvalue weighted by atomic mass is 35.5. The Kier molecular flexibility index (Phi) is 3.90. The van der Waals surface area contributed by atoms with Crippen molar-refractivity contribution in [2.45, 2.75) is 19.3 Å². The SMILES string of the molecule is O=CCCCc1cc(F)cc(Cl)c1. The summed E-state index contributed by atoms with van der Waals surface area (Å²) in [4.78, 5) is 10.0. The molecule has 0 aliphatic carbocycles. The molecule has 0 saturated carbocycles. The number of benzene rings is 1. The first-order valence-electron chi connectivity index (χ1n) is 4.11.